The molecule has 1 aliphatic rings. The van der Waals surface area contributed by atoms with Crippen LogP contribution in [0.4, 0.5) is 5.13 Å². The molecule has 1 heterocycles. The van der Waals surface area contributed by atoms with E-state index in [9.17, 15) is 18.0 Å². The molecule has 1 aromatic heterocycles. The zero-order valence-electron chi connectivity index (χ0n) is 10.7. The van der Waals surface area contributed by atoms with Gasteiger partial charge in [-0.15, -0.1) is 10.2 Å². The van der Waals surface area contributed by atoms with Crippen molar-refractivity contribution in [3.8, 4) is 0 Å². The van der Waals surface area contributed by atoms with Crippen LogP contribution < -0.4 is 10.0 Å². The molecule has 1 saturated carbocycles. The molecule has 110 valence electrons. The first-order valence-corrected chi connectivity index (χ1v) is 8.32. The summed E-state index contributed by atoms with van der Waals surface area (Å²) in [5.74, 6) is -0.187. The number of hydrogen-bond donors (Lipinski definition) is 2. The number of Topliss-reactive ketones (excluding diaryl/α,β-unsaturated/α-hetero) is 1. The predicted octanol–water partition coefficient (Wildman–Crippen LogP) is 0.286. The second kappa shape index (κ2) is 5.94. The number of anilines is 1. The Morgan fingerprint density at radius 1 is 1.30 bits per heavy atom. The fourth-order valence-corrected chi connectivity index (χ4v) is 4.11. The van der Waals surface area contributed by atoms with Crippen LogP contribution in [0.2, 0.25) is 0 Å². The highest BCUT2D eigenvalue weighted by atomic mass is 32.2. The van der Waals surface area contributed by atoms with Crippen molar-refractivity contribution in [2.75, 3.05) is 5.32 Å². The van der Waals surface area contributed by atoms with Gasteiger partial charge in [0, 0.05) is 25.8 Å². The minimum atomic E-state index is -3.76. The number of nitrogens with one attached hydrogen (secondary N) is 2. The third-order valence-electron chi connectivity index (χ3n) is 2.78. The van der Waals surface area contributed by atoms with Crippen LogP contribution in [0.25, 0.3) is 0 Å². The molecule has 0 spiro atoms. The van der Waals surface area contributed by atoms with Crippen molar-refractivity contribution in [1.82, 2.24) is 14.9 Å². The largest absolute Gasteiger partial charge is 0.301 e. The average molecular weight is 318 g/mol. The Morgan fingerprint density at radius 3 is 2.55 bits per heavy atom. The minimum Gasteiger partial charge on any atom is -0.301 e. The number of sulfonamides is 1. The van der Waals surface area contributed by atoms with Crippen molar-refractivity contribution in [2.24, 2.45) is 0 Å². The maximum absolute atomic E-state index is 12.1. The summed E-state index contributed by atoms with van der Waals surface area (Å²) in [4.78, 5) is 22.0. The third-order valence-corrected chi connectivity index (χ3v) is 5.51. The molecule has 2 rings (SSSR count). The number of amides is 1. The van der Waals surface area contributed by atoms with Gasteiger partial charge >= 0.3 is 0 Å². The van der Waals surface area contributed by atoms with Gasteiger partial charge < -0.3 is 5.32 Å². The molecule has 0 saturated heterocycles. The van der Waals surface area contributed by atoms with Crippen LogP contribution in [-0.4, -0.2) is 36.3 Å². The quantitative estimate of drug-likeness (QED) is 0.770. The molecular formula is C10H14N4O4S2. The van der Waals surface area contributed by atoms with Crippen LogP contribution in [-0.2, 0) is 19.6 Å². The highest BCUT2D eigenvalue weighted by Crippen LogP contribution is 2.22. The Kier molecular flexibility index (Phi) is 4.45. The summed E-state index contributed by atoms with van der Waals surface area (Å²) in [5, 5.41) is 9.66. The van der Waals surface area contributed by atoms with E-state index >= 15 is 0 Å². The van der Waals surface area contributed by atoms with Gasteiger partial charge in [-0.05, 0) is 12.8 Å². The Hall–Kier alpha value is -1.39. The van der Waals surface area contributed by atoms with Gasteiger partial charge in [-0.1, -0.05) is 11.3 Å². The van der Waals surface area contributed by atoms with Gasteiger partial charge in [0.2, 0.25) is 15.4 Å². The normalized spacial score (nSPS) is 17.1. The first-order chi connectivity index (χ1) is 9.37. The Morgan fingerprint density at radius 2 is 1.95 bits per heavy atom. The van der Waals surface area contributed by atoms with Crippen LogP contribution in [0.5, 0.6) is 0 Å². The number of carbonyl (C=O) groups is 2. The summed E-state index contributed by atoms with van der Waals surface area (Å²) in [6.07, 6.45) is 1.77. The summed E-state index contributed by atoms with van der Waals surface area (Å²) < 4.78 is 26.5. The van der Waals surface area contributed by atoms with Gasteiger partial charge in [0.1, 0.15) is 5.78 Å². The van der Waals surface area contributed by atoms with Crippen molar-refractivity contribution in [3.63, 3.8) is 0 Å². The van der Waals surface area contributed by atoms with E-state index in [-0.39, 0.29) is 27.2 Å². The molecule has 10 heteroatoms. The topological polar surface area (TPSA) is 118 Å². The second-order valence-electron chi connectivity index (χ2n) is 4.49. The number of hydrogen-bond acceptors (Lipinski definition) is 7. The SMILES string of the molecule is CC(=O)Nc1nnc(S(=O)(=O)NC2CCC(=O)CC2)s1. The molecule has 0 unspecified atom stereocenters. The minimum absolute atomic E-state index is 0.136. The Balaban J connectivity index is 2.04. The van der Waals surface area contributed by atoms with Crippen molar-refractivity contribution in [1.29, 1.82) is 0 Å². The van der Waals surface area contributed by atoms with Gasteiger partial charge in [-0.25, -0.2) is 13.1 Å². The van der Waals surface area contributed by atoms with Crippen LogP contribution in [0.1, 0.15) is 32.6 Å². The van der Waals surface area contributed by atoms with Gasteiger partial charge in [-0.2, -0.15) is 0 Å². The molecule has 2 N–H and O–H groups in total. The molecule has 0 bridgehead atoms. The van der Waals surface area contributed by atoms with E-state index in [2.05, 4.69) is 20.2 Å². The van der Waals surface area contributed by atoms with Crippen molar-refractivity contribution < 1.29 is 18.0 Å². The van der Waals surface area contributed by atoms with Gasteiger partial charge in [0.15, 0.2) is 0 Å². The summed E-state index contributed by atoms with van der Waals surface area (Å²) in [5.41, 5.74) is 0. The number of aromatic nitrogens is 2. The van der Waals surface area contributed by atoms with Crippen LogP contribution in [0.15, 0.2) is 4.34 Å². The second-order valence-corrected chi connectivity index (χ2v) is 7.35. The first-order valence-electron chi connectivity index (χ1n) is 6.02. The summed E-state index contributed by atoms with van der Waals surface area (Å²) in [6, 6.07) is -0.259. The van der Waals surface area contributed by atoms with E-state index < -0.39 is 10.0 Å². The maximum atomic E-state index is 12.1. The molecule has 1 aliphatic carbocycles. The van der Waals surface area contributed by atoms with E-state index in [1.807, 2.05) is 0 Å². The van der Waals surface area contributed by atoms with Gasteiger partial charge in [-0.3, -0.25) is 9.59 Å². The van der Waals surface area contributed by atoms with E-state index in [0.717, 1.165) is 11.3 Å². The zero-order valence-corrected chi connectivity index (χ0v) is 12.4. The summed E-state index contributed by atoms with van der Waals surface area (Å²) >= 11 is 0.786. The molecule has 1 amide bonds. The predicted molar refractivity (Wildman–Crippen MR) is 71.8 cm³/mol. The van der Waals surface area contributed by atoms with E-state index in [1.54, 1.807) is 0 Å². The number of nitrogens with zero attached hydrogens (tertiary/aromatic N) is 2. The summed E-state index contributed by atoms with van der Waals surface area (Å²) in [7, 11) is -3.76. The van der Waals surface area contributed by atoms with Crippen LogP contribution >= 0.6 is 11.3 Å². The fraction of sp³-hybridized carbons (Fsp3) is 0.600. The highest BCUT2D eigenvalue weighted by Gasteiger charge is 2.27. The van der Waals surface area contributed by atoms with E-state index in [4.69, 9.17) is 0 Å². The van der Waals surface area contributed by atoms with Crippen molar-refractivity contribution in [2.45, 2.75) is 43.0 Å². The van der Waals surface area contributed by atoms with Crippen molar-refractivity contribution >= 4 is 38.2 Å². The van der Waals surface area contributed by atoms with Crippen molar-refractivity contribution in [3.05, 3.63) is 0 Å². The lowest BCUT2D eigenvalue weighted by Gasteiger charge is -2.21. The Bertz CT molecular complexity index is 615. The standard InChI is InChI=1S/C10H14N4O4S2/c1-6(15)11-9-12-13-10(19-9)20(17,18)14-7-2-4-8(16)5-3-7/h7,14H,2-5H2,1H3,(H,11,12,15). The van der Waals surface area contributed by atoms with Gasteiger partial charge in [0.25, 0.3) is 10.0 Å². The lowest BCUT2D eigenvalue weighted by molar-refractivity contribution is -0.120. The van der Waals surface area contributed by atoms with Gasteiger partial charge in [0.05, 0.1) is 0 Å². The molecule has 8 nitrogen and oxygen atoms in total. The number of ketones is 1. The number of carbonyl (C=O) groups excluding carboxylic acids is 2. The molecule has 0 aromatic carbocycles. The van der Waals surface area contributed by atoms with E-state index in [1.165, 1.54) is 6.92 Å². The fourth-order valence-electron chi connectivity index (χ4n) is 1.85. The monoisotopic (exact) mass is 318 g/mol. The van der Waals surface area contributed by atoms with Crippen LogP contribution in [0.3, 0.4) is 0 Å². The lowest BCUT2D eigenvalue weighted by atomic mass is 9.95. The molecule has 20 heavy (non-hydrogen) atoms. The van der Waals surface area contributed by atoms with Crippen LogP contribution in [0, 0.1) is 0 Å². The maximum Gasteiger partial charge on any atom is 0.270 e. The third kappa shape index (κ3) is 3.81. The highest BCUT2D eigenvalue weighted by molar-refractivity contribution is 7.91. The smallest absolute Gasteiger partial charge is 0.270 e. The summed E-state index contributed by atoms with van der Waals surface area (Å²) in [6.45, 7) is 1.30. The zero-order chi connectivity index (χ0) is 14.8. The molecule has 1 fully saturated rings. The molecule has 0 radical (unpaired) electrons. The van der Waals surface area contributed by atoms with E-state index in [0.29, 0.717) is 25.7 Å². The number of rotatable bonds is 4. The first kappa shape index (κ1) is 15.0. The Labute approximate surface area is 120 Å². The lowest BCUT2D eigenvalue weighted by Crippen LogP contribution is -2.37. The average Bonchev–Trinajstić information content (AvgIpc) is 2.80. The molecule has 1 aromatic rings. The molecule has 0 atom stereocenters. The molecule has 0 aliphatic heterocycles. The molecular weight excluding hydrogens is 304 g/mol.